The fraction of sp³-hybridized carbons (Fsp3) is 0.250. The summed E-state index contributed by atoms with van der Waals surface area (Å²) in [6, 6.07) is 22.6. The van der Waals surface area contributed by atoms with Crippen LogP contribution in [0.5, 0.6) is 11.5 Å². The van der Waals surface area contributed by atoms with Crippen LogP contribution in [0.25, 0.3) is 38.4 Å². The number of phenolic OH excluding ortho intramolecular Hbond substituents is 1. The third kappa shape index (κ3) is 6.10. The number of nitrogens with zero attached hydrogens (tertiary/aromatic N) is 6. The lowest BCUT2D eigenvalue weighted by Crippen LogP contribution is -2.49. The number of nitrogens with one attached hydrogen (secondary N) is 1. The summed E-state index contributed by atoms with van der Waals surface area (Å²) in [4.78, 5) is 36.0. The fourth-order valence-corrected chi connectivity index (χ4v) is 7.45. The first-order chi connectivity index (χ1) is 25.4. The van der Waals surface area contributed by atoms with Crippen LogP contribution in [-0.2, 0) is 11.3 Å². The van der Waals surface area contributed by atoms with Crippen molar-refractivity contribution < 1.29 is 23.8 Å². The Morgan fingerprint density at radius 2 is 1.71 bits per heavy atom. The average molecular weight is 700 g/mol. The van der Waals surface area contributed by atoms with E-state index < -0.39 is 5.82 Å². The highest BCUT2D eigenvalue weighted by atomic mass is 19.1. The van der Waals surface area contributed by atoms with E-state index in [2.05, 4.69) is 20.2 Å². The van der Waals surface area contributed by atoms with Crippen LogP contribution >= 0.6 is 0 Å². The summed E-state index contributed by atoms with van der Waals surface area (Å²) in [5.41, 5.74) is 3.81. The standard InChI is InChI=1S/C40H38FN7O4/c1-52-35-11-5-4-10-29(35)31-23-30(27-8-6-16-47(25-27)36(50)14-17-48-18-15-42-44-48)37(41)38-32(31)24-33(43-38)40(51)46-21-19-45(20-22-46)39-28-9-3-2-7-26(28)12-13-34(39)49/h2-5,7-13,15,18,23-24,43,49H,6,14,16-17,19-22,25H2,1H3. The third-order valence-electron chi connectivity index (χ3n) is 10.1. The number of hydrogen-bond donors (Lipinski definition) is 2. The van der Waals surface area contributed by atoms with Crippen LogP contribution in [-0.4, -0.2) is 93.1 Å². The number of aromatic hydroxyl groups is 1. The number of anilines is 1. The normalized spacial score (nSPS) is 15.0. The predicted octanol–water partition coefficient (Wildman–Crippen LogP) is 6.10. The molecular formula is C40H38FN7O4. The van der Waals surface area contributed by atoms with Crippen molar-refractivity contribution >= 4 is 44.8 Å². The minimum atomic E-state index is -0.480. The van der Waals surface area contributed by atoms with Gasteiger partial charge in [0, 0.05) is 73.8 Å². The largest absolute Gasteiger partial charge is 0.506 e. The summed E-state index contributed by atoms with van der Waals surface area (Å²) in [5, 5.41) is 21.1. The number of aryl methyl sites for hydroxylation is 1. The molecule has 4 heterocycles. The number of halogens is 1. The Kier molecular flexibility index (Phi) is 8.80. The average Bonchev–Trinajstić information content (AvgIpc) is 3.89. The van der Waals surface area contributed by atoms with Crippen molar-refractivity contribution in [3.63, 3.8) is 0 Å². The van der Waals surface area contributed by atoms with Crippen LogP contribution in [0, 0.1) is 5.82 Å². The number of carbonyl (C=O) groups excluding carboxylic acids is 2. The first kappa shape index (κ1) is 33.0. The number of fused-ring (bicyclic) bond motifs is 2. The lowest BCUT2D eigenvalue weighted by molar-refractivity contribution is -0.131. The van der Waals surface area contributed by atoms with E-state index in [4.69, 9.17) is 4.74 Å². The Morgan fingerprint density at radius 3 is 2.52 bits per heavy atom. The molecule has 0 bridgehead atoms. The number of aromatic amines is 1. The monoisotopic (exact) mass is 699 g/mol. The second-order valence-electron chi connectivity index (χ2n) is 13.1. The molecule has 0 atom stereocenters. The molecule has 0 spiro atoms. The zero-order valence-electron chi connectivity index (χ0n) is 28.8. The molecule has 52 heavy (non-hydrogen) atoms. The fourth-order valence-electron chi connectivity index (χ4n) is 7.45. The summed E-state index contributed by atoms with van der Waals surface area (Å²) >= 11 is 0. The number of H-pyrrole nitrogens is 1. The third-order valence-corrected chi connectivity index (χ3v) is 10.1. The van der Waals surface area contributed by atoms with E-state index in [1.807, 2.05) is 66.7 Å². The van der Waals surface area contributed by atoms with Crippen molar-refractivity contribution in [1.82, 2.24) is 29.8 Å². The Labute approximate surface area is 299 Å². The summed E-state index contributed by atoms with van der Waals surface area (Å²) in [7, 11) is 1.59. The van der Waals surface area contributed by atoms with Gasteiger partial charge in [-0.2, -0.15) is 0 Å². The molecule has 12 heteroatoms. The maximum absolute atomic E-state index is 16.7. The molecule has 0 aliphatic carbocycles. The number of ether oxygens (including phenoxy) is 1. The Bertz CT molecular complexity index is 2330. The van der Waals surface area contributed by atoms with Gasteiger partial charge < -0.3 is 29.5 Å². The zero-order valence-corrected chi connectivity index (χ0v) is 28.8. The molecule has 11 nitrogen and oxygen atoms in total. The number of hydrogen-bond acceptors (Lipinski definition) is 7. The van der Waals surface area contributed by atoms with Gasteiger partial charge in [-0.25, -0.2) is 4.39 Å². The summed E-state index contributed by atoms with van der Waals surface area (Å²) in [6.07, 6.45) is 6.11. The quantitative estimate of drug-likeness (QED) is 0.197. The molecule has 2 N–H and O–H groups in total. The van der Waals surface area contributed by atoms with Gasteiger partial charge in [0.1, 0.15) is 17.2 Å². The Hall–Kier alpha value is -6.17. The molecule has 2 aliphatic heterocycles. The molecule has 0 saturated carbocycles. The molecule has 2 aromatic heterocycles. The molecular weight excluding hydrogens is 661 g/mol. The maximum Gasteiger partial charge on any atom is 0.270 e. The Balaban J connectivity index is 1.09. The first-order valence-corrected chi connectivity index (χ1v) is 17.4. The van der Waals surface area contributed by atoms with Gasteiger partial charge in [-0.05, 0) is 47.2 Å². The van der Waals surface area contributed by atoms with Crippen LogP contribution in [0.1, 0.15) is 28.9 Å². The van der Waals surface area contributed by atoms with Gasteiger partial charge in [0.15, 0.2) is 5.82 Å². The van der Waals surface area contributed by atoms with Crippen LogP contribution in [0.3, 0.4) is 0 Å². The van der Waals surface area contributed by atoms with E-state index in [0.717, 1.165) is 22.0 Å². The van der Waals surface area contributed by atoms with E-state index >= 15 is 4.39 Å². The molecule has 0 radical (unpaired) electrons. The van der Waals surface area contributed by atoms with Crippen LogP contribution in [0.4, 0.5) is 10.1 Å². The van der Waals surface area contributed by atoms with Crippen LogP contribution in [0.2, 0.25) is 0 Å². The molecule has 4 aromatic carbocycles. The van der Waals surface area contributed by atoms with Crippen molar-refractivity contribution in [2.24, 2.45) is 0 Å². The number of piperazine rings is 1. The minimum Gasteiger partial charge on any atom is -0.506 e. The molecule has 2 amide bonds. The highest BCUT2D eigenvalue weighted by Gasteiger charge is 2.29. The van der Waals surface area contributed by atoms with E-state index in [9.17, 15) is 14.7 Å². The van der Waals surface area contributed by atoms with E-state index in [0.29, 0.717) is 73.5 Å². The predicted molar refractivity (Wildman–Crippen MR) is 198 cm³/mol. The van der Waals surface area contributed by atoms with Crippen molar-refractivity contribution in [1.29, 1.82) is 0 Å². The van der Waals surface area contributed by atoms with Crippen molar-refractivity contribution in [2.75, 3.05) is 51.3 Å². The van der Waals surface area contributed by atoms with Crippen molar-refractivity contribution in [3.8, 4) is 22.6 Å². The van der Waals surface area contributed by atoms with Crippen molar-refractivity contribution in [2.45, 2.75) is 19.4 Å². The Morgan fingerprint density at radius 1 is 0.904 bits per heavy atom. The molecule has 8 rings (SSSR count). The van der Waals surface area contributed by atoms with Crippen LogP contribution < -0.4 is 9.64 Å². The van der Waals surface area contributed by atoms with Crippen molar-refractivity contribution in [3.05, 3.63) is 108 Å². The summed E-state index contributed by atoms with van der Waals surface area (Å²) < 4.78 is 24.1. The minimum absolute atomic E-state index is 0.0453. The van der Waals surface area contributed by atoms with E-state index in [1.165, 1.54) is 0 Å². The topological polar surface area (TPSA) is 120 Å². The van der Waals surface area contributed by atoms with Gasteiger partial charge in [-0.1, -0.05) is 59.8 Å². The molecule has 2 aliphatic rings. The lowest BCUT2D eigenvalue weighted by atomic mass is 9.93. The van der Waals surface area contributed by atoms with Gasteiger partial charge in [-0.15, -0.1) is 5.10 Å². The van der Waals surface area contributed by atoms with E-state index in [-0.39, 0.29) is 41.7 Å². The number of benzene rings is 4. The number of amides is 2. The molecule has 6 aromatic rings. The first-order valence-electron chi connectivity index (χ1n) is 17.4. The lowest BCUT2D eigenvalue weighted by Gasteiger charge is -2.36. The SMILES string of the molecule is COc1ccccc1-c1cc(C2=CCCN(C(=O)CCn3ccnn3)C2)c(F)c2[nH]c(C(=O)N3CCN(c4c(O)ccc5ccccc45)CC3)cc12. The number of rotatable bonds is 8. The smallest absolute Gasteiger partial charge is 0.270 e. The number of para-hydroxylation sites is 1. The molecule has 1 fully saturated rings. The summed E-state index contributed by atoms with van der Waals surface area (Å²) in [6.45, 7) is 3.12. The van der Waals surface area contributed by atoms with Gasteiger partial charge in [0.2, 0.25) is 5.91 Å². The number of aromatic nitrogens is 4. The second-order valence-corrected chi connectivity index (χ2v) is 13.1. The zero-order chi connectivity index (χ0) is 35.8. The molecule has 264 valence electrons. The highest BCUT2D eigenvalue weighted by molar-refractivity contribution is 6.05. The van der Waals surface area contributed by atoms with Gasteiger partial charge in [0.05, 0.1) is 31.1 Å². The number of phenols is 1. The maximum atomic E-state index is 16.7. The van der Waals surface area contributed by atoms with Gasteiger partial charge in [-0.3, -0.25) is 14.3 Å². The molecule has 0 unspecified atom stereocenters. The number of carbonyl (C=O) groups is 2. The van der Waals surface area contributed by atoms with E-state index in [1.54, 1.807) is 46.1 Å². The summed E-state index contributed by atoms with van der Waals surface area (Å²) in [5.74, 6) is 0.0662. The van der Waals surface area contributed by atoms with Gasteiger partial charge >= 0.3 is 0 Å². The second kappa shape index (κ2) is 13.9. The van der Waals surface area contributed by atoms with Gasteiger partial charge in [0.25, 0.3) is 5.91 Å². The number of methoxy groups -OCH3 is 1. The highest BCUT2D eigenvalue weighted by Crippen LogP contribution is 2.41. The molecule has 1 saturated heterocycles. The van der Waals surface area contributed by atoms with Crippen LogP contribution in [0.15, 0.2) is 91.3 Å².